The van der Waals surface area contributed by atoms with Crippen LogP contribution >= 0.6 is 0 Å². The Kier molecular flexibility index (Phi) is 4.68. The van der Waals surface area contributed by atoms with Crippen molar-refractivity contribution < 1.29 is 14.6 Å². The van der Waals surface area contributed by atoms with E-state index >= 15 is 0 Å². The van der Waals surface area contributed by atoms with Crippen LogP contribution in [0.4, 0.5) is 5.69 Å². The number of methoxy groups -OCH3 is 2. The summed E-state index contributed by atoms with van der Waals surface area (Å²) in [6.07, 6.45) is 3.37. The fraction of sp³-hybridized carbons (Fsp3) is 0.200. The van der Waals surface area contributed by atoms with E-state index in [9.17, 15) is 5.11 Å². The predicted molar refractivity (Wildman–Crippen MR) is 77.0 cm³/mol. The van der Waals surface area contributed by atoms with E-state index in [1.165, 1.54) is 0 Å². The average Bonchev–Trinajstić information content (AvgIpc) is 2.53. The van der Waals surface area contributed by atoms with Gasteiger partial charge in [-0.25, -0.2) is 4.98 Å². The summed E-state index contributed by atoms with van der Waals surface area (Å²) in [5, 5.41) is 9.19. The van der Waals surface area contributed by atoms with Crippen LogP contribution in [0.3, 0.4) is 0 Å². The molecular formula is C15H16N2O3. The first-order valence-corrected chi connectivity index (χ1v) is 6.08. The molecule has 2 aromatic rings. The Bertz CT molecular complexity index is 572. The zero-order chi connectivity index (χ0) is 14.4. The minimum atomic E-state index is -0.0518. The third-order valence-corrected chi connectivity index (χ3v) is 2.70. The Morgan fingerprint density at radius 3 is 2.65 bits per heavy atom. The quantitative estimate of drug-likeness (QED) is 0.848. The van der Waals surface area contributed by atoms with E-state index in [-0.39, 0.29) is 6.61 Å². The second-order valence-corrected chi connectivity index (χ2v) is 4.09. The fourth-order valence-corrected chi connectivity index (χ4v) is 1.67. The van der Waals surface area contributed by atoms with Gasteiger partial charge in [0.05, 0.1) is 26.5 Å². The Hall–Kier alpha value is -2.40. The summed E-state index contributed by atoms with van der Waals surface area (Å²) in [6, 6.07) is 9.01. The van der Waals surface area contributed by atoms with Gasteiger partial charge in [0.25, 0.3) is 0 Å². The number of benzene rings is 1. The zero-order valence-corrected chi connectivity index (χ0v) is 11.4. The van der Waals surface area contributed by atoms with Crippen LogP contribution in [-0.2, 0) is 6.61 Å². The number of rotatable bonds is 5. The molecule has 0 saturated heterocycles. The highest BCUT2D eigenvalue weighted by atomic mass is 16.5. The number of ether oxygens (including phenoxy) is 2. The molecular weight excluding hydrogens is 256 g/mol. The van der Waals surface area contributed by atoms with Gasteiger partial charge in [-0.2, -0.15) is 0 Å². The maximum atomic E-state index is 9.19. The van der Waals surface area contributed by atoms with Gasteiger partial charge < -0.3 is 14.6 Å². The number of pyridine rings is 1. The van der Waals surface area contributed by atoms with E-state index in [0.29, 0.717) is 17.3 Å². The molecule has 0 radical (unpaired) electrons. The van der Waals surface area contributed by atoms with Crippen LogP contribution in [0.25, 0.3) is 0 Å². The van der Waals surface area contributed by atoms with Gasteiger partial charge in [0.1, 0.15) is 5.75 Å². The molecule has 104 valence electrons. The Balaban J connectivity index is 2.21. The number of nitrogens with zero attached hydrogens (tertiary/aromatic N) is 2. The largest absolute Gasteiger partial charge is 0.497 e. The molecule has 0 atom stereocenters. The lowest BCUT2D eigenvalue weighted by atomic mass is 10.2. The molecule has 0 spiro atoms. The van der Waals surface area contributed by atoms with Gasteiger partial charge in [-0.05, 0) is 23.8 Å². The molecule has 0 aliphatic carbocycles. The van der Waals surface area contributed by atoms with Gasteiger partial charge >= 0.3 is 0 Å². The van der Waals surface area contributed by atoms with Crippen LogP contribution in [-0.4, -0.2) is 30.5 Å². The summed E-state index contributed by atoms with van der Waals surface area (Å²) in [5.41, 5.74) is 2.33. The molecule has 20 heavy (non-hydrogen) atoms. The Morgan fingerprint density at radius 1 is 1.20 bits per heavy atom. The van der Waals surface area contributed by atoms with Crippen molar-refractivity contribution in [1.29, 1.82) is 0 Å². The van der Waals surface area contributed by atoms with Crippen molar-refractivity contribution in [2.45, 2.75) is 6.61 Å². The molecule has 5 heteroatoms. The van der Waals surface area contributed by atoms with E-state index in [1.807, 2.05) is 6.07 Å². The summed E-state index contributed by atoms with van der Waals surface area (Å²) < 4.78 is 10.2. The first-order chi connectivity index (χ1) is 9.75. The SMILES string of the molecule is COc1cc(CO)cc(/N=C/c2ccc(OC)nc2)c1. The summed E-state index contributed by atoms with van der Waals surface area (Å²) in [7, 11) is 3.15. The third kappa shape index (κ3) is 3.55. The molecule has 0 aliphatic rings. The molecule has 5 nitrogen and oxygen atoms in total. The molecule has 0 aliphatic heterocycles. The number of aliphatic imine (C=N–C) groups is 1. The Labute approximate surface area is 117 Å². The lowest BCUT2D eigenvalue weighted by Crippen LogP contribution is -1.89. The maximum Gasteiger partial charge on any atom is 0.212 e. The molecule has 1 heterocycles. The molecule has 2 rings (SSSR count). The van der Waals surface area contributed by atoms with Crippen LogP contribution < -0.4 is 9.47 Å². The molecule has 1 aromatic carbocycles. The van der Waals surface area contributed by atoms with Gasteiger partial charge in [0.15, 0.2) is 0 Å². The van der Waals surface area contributed by atoms with E-state index in [2.05, 4.69) is 9.98 Å². The van der Waals surface area contributed by atoms with Crippen LogP contribution in [0.15, 0.2) is 41.5 Å². The second-order valence-electron chi connectivity index (χ2n) is 4.09. The number of hydrogen-bond acceptors (Lipinski definition) is 5. The summed E-state index contributed by atoms with van der Waals surface area (Å²) in [4.78, 5) is 8.45. The van der Waals surface area contributed by atoms with E-state index in [4.69, 9.17) is 9.47 Å². The third-order valence-electron chi connectivity index (χ3n) is 2.70. The first kappa shape index (κ1) is 14.0. The van der Waals surface area contributed by atoms with Crippen molar-refractivity contribution in [3.63, 3.8) is 0 Å². The van der Waals surface area contributed by atoms with Crippen LogP contribution in [0.1, 0.15) is 11.1 Å². The van der Waals surface area contributed by atoms with Crippen LogP contribution in [0, 0.1) is 0 Å². The van der Waals surface area contributed by atoms with E-state index < -0.39 is 0 Å². The van der Waals surface area contributed by atoms with E-state index in [1.54, 1.807) is 50.9 Å². The highest BCUT2D eigenvalue weighted by Gasteiger charge is 2.00. The summed E-state index contributed by atoms with van der Waals surface area (Å²) >= 11 is 0. The number of aliphatic hydroxyl groups is 1. The first-order valence-electron chi connectivity index (χ1n) is 6.08. The van der Waals surface area contributed by atoms with Crippen LogP contribution in [0.2, 0.25) is 0 Å². The van der Waals surface area contributed by atoms with Crippen molar-refractivity contribution in [3.05, 3.63) is 47.7 Å². The number of aromatic nitrogens is 1. The average molecular weight is 272 g/mol. The number of aliphatic hydroxyl groups excluding tert-OH is 1. The Morgan fingerprint density at radius 2 is 2.05 bits per heavy atom. The molecule has 0 amide bonds. The van der Waals surface area contributed by atoms with Gasteiger partial charge in [-0.1, -0.05) is 0 Å². The topological polar surface area (TPSA) is 63.9 Å². The number of hydrogen-bond donors (Lipinski definition) is 1. The maximum absolute atomic E-state index is 9.19. The zero-order valence-electron chi connectivity index (χ0n) is 11.4. The van der Waals surface area contributed by atoms with Crippen molar-refractivity contribution in [2.24, 2.45) is 4.99 Å². The lowest BCUT2D eigenvalue weighted by molar-refractivity contribution is 0.281. The fourth-order valence-electron chi connectivity index (χ4n) is 1.67. The van der Waals surface area contributed by atoms with Crippen molar-refractivity contribution >= 4 is 11.9 Å². The van der Waals surface area contributed by atoms with Crippen molar-refractivity contribution in [3.8, 4) is 11.6 Å². The summed E-state index contributed by atoms with van der Waals surface area (Å²) in [6.45, 7) is -0.0518. The molecule has 1 aromatic heterocycles. The highest BCUT2D eigenvalue weighted by Crippen LogP contribution is 2.23. The standard InChI is InChI=1S/C15H16N2O3/c1-19-14-6-12(10-18)5-13(7-14)16-8-11-3-4-15(20-2)17-9-11/h3-9,18H,10H2,1-2H3/b16-8+. The monoisotopic (exact) mass is 272 g/mol. The van der Waals surface area contributed by atoms with Gasteiger partial charge in [-0.3, -0.25) is 4.99 Å². The summed E-state index contributed by atoms with van der Waals surface area (Å²) in [5.74, 6) is 1.22. The van der Waals surface area contributed by atoms with Gasteiger partial charge in [0.2, 0.25) is 5.88 Å². The minimum Gasteiger partial charge on any atom is -0.497 e. The highest BCUT2D eigenvalue weighted by molar-refractivity contribution is 5.81. The molecule has 0 unspecified atom stereocenters. The van der Waals surface area contributed by atoms with Crippen LogP contribution in [0.5, 0.6) is 11.6 Å². The van der Waals surface area contributed by atoms with Gasteiger partial charge in [0, 0.05) is 30.1 Å². The lowest BCUT2D eigenvalue weighted by Gasteiger charge is -2.04. The predicted octanol–water partition coefficient (Wildman–Crippen LogP) is 2.34. The van der Waals surface area contributed by atoms with E-state index in [0.717, 1.165) is 11.1 Å². The normalized spacial score (nSPS) is 10.8. The minimum absolute atomic E-state index is 0.0518. The molecule has 0 fully saturated rings. The second kappa shape index (κ2) is 6.68. The van der Waals surface area contributed by atoms with Gasteiger partial charge in [-0.15, -0.1) is 0 Å². The van der Waals surface area contributed by atoms with Crippen molar-refractivity contribution in [1.82, 2.24) is 4.98 Å². The molecule has 0 bridgehead atoms. The van der Waals surface area contributed by atoms with Crippen molar-refractivity contribution in [2.75, 3.05) is 14.2 Å². The molecule has 1 N–H and O–H groups in total. The molecule has 0 saturated carbocycles. The smallest absolute Gasteiger partial charge is 0.212 e.